The fraction of sp³-hybridized carbons (Fsp3) is 0.636. The Kier molecular flexibility index (Phi) is 3.64. The smallest absolute Gasteiger partial charge is 0.142 e. The van der Waals surface area contributed by atoms with Gasteiger partial charge in [-0.05, 0) is 32.5 Å². The lowest BCUT2D eigenvalue weighted by atomic mass is 10.3. The highest BCUT2D eigenvalue weighted by Gasteiger charge is 2.14. The zero-order valence-corrected chi connectivity index (χ0v) is 9.19. The number of nitrogens with zero attached hydrogens (tertiary/aromatic N) is 3. The summed E-state index contributed by atoms with van der Waals surface area (Å²) in [6.07, 6.45) is 4.82. The van der Waals surface area contributed by atoms with E-state index in [-0.39, 0.29) is 0 Å². The molecule has 2 heterocycles. The highest BCUT2D eigenvalue weighted by atomic mass is 15.2. The molecule has 0 bridgehead atoms. The van der Waals surface area contributed by atoms with Crippen molar-refractivity contribution in [2.75, 3.05) is 19.6 Å². The van der Waals surface area contributed by atoms with Gasteiger partial charge in [-0.15, -0.1) is 0 Å². The SMILES string of the molecule is CC1CN(Cc2ncccn2)CCCN1. The lowest BCUT2D eigenvalue weighted by Crippen LogP contribution is -2.35. The molecule has 1 aliphatic rings. The van der Waals surface area contributed by atoms with Crippen LogP contribution in [0.25, 0.3) is 0 Å². The van der Waals surface area contributed by atoms with E-state index >= 15 is 0 Å². The Hall–Kier alpha value is -1.00. The maximum atomic E-state index is 4.26. The van der Waals surface area contributed by atoms with E-state index in [9.17, 15) is 0 Å². The summed E-state index contributed by atoms with van der Waals surface area (Å²) >= 11 is 0. The molecule has 0 radical (unpaired) electrons. The molecular weight excluding hydrogens is 188 g/mol. The summed E-state index contributed by atoms with van der Waals surface area (Å²) in [5.74, 6) is 0.923. The molecule has 0 aliphatic carbocycles. The van der Waals surface area contributed by atoms with Crippen LogP contribution in [0, 0.1) is 0 Å². The van der Waals surface area contributed by atoms with E-state index < -0.39 is 0 Å². The first-order valence-corrected chi connectivity index (χ1v) is 5.56. The Bertz CT molecular complexity index is 288. The molecule has 1 aliphatic heterocycles. The van der Waals surface area contributed by atoms with E-state index in [1.54, 1.807) is 0 Å². The van der Waals surface area contributed by atoms with Crippen LogP contribution in [0.1, 0.15) is 19.2 Å². The van der Waals surface area contributed by atoms with E-state index in [1.165, 1.54) is 6.42 Å². The van der Waals surface area contributed by atoms with Gasteiger partial charge in [0.2, 0.25) is 0 Å². The van der Waals surface area contributed by atoms with Crippen LogP contribution in [-0.4, -0.2) is 40.5 Å². The average molecular weight is 206 g/mol. The molecule has 1 atom stereocenters. The van der Waals surface area contributed by atoms with Crippen molar-refractivity contribution in [2.45, 2.75) is 25.9 Å². The molecule has 2 rings (SSSR count). The molecule has 4 nitrogen and oxygen atoms in total. The van der Waals surface area contributed by atoms with Crippen molar-refractivity contribution in [1.29, 1.82) is 0 Å². The molecular formula is C11H18N4. The van der Waals surface area contributed by atoms with E-state index in [0.29, 0.717) is 6.04 Å². The van der Waals surface area contributed by atoms with Gasteiger partial charge in [0, 0.05) is 25.0 Å². The largest absolute Gasteiger partial charge is 0.313 e. The van der Waals surface area contributed by atoms with Gasteiger partial charge in [0.05, 0.1) is 6.54 Å². The maximum Gasteiger partial charge on any atom is 0.142 e. The van der Waals surface area contributed by atoms with Crippen molar-refractivity contribution in [3.05, 3.63) is 24.3 Å². The van der Waals surface area contributed by atoms with Crippen LogP contribution in [0.15, 0.2) is 18.5 Å². The van der Waals surface area contributed by atoms with Gasteiger partial charge in [-0.3, -0.25) is 4.90 Å². The minimum atomic E-state index is 0.566. The van der Waals surface area contributed by atoms with Crippen molar-refractivity contribution in [3.8, 4) is 0 Å². The first-order valence-electron chi connectivity index (χ1n) is 5.56. The predicted molar refractivity (Wildman–Crippen MR) is 59.4 cm³/mol. The molecule has 1 aromatic rings. The fourth-order valence-corrected chi connectivity index (χ4v) is 1.95. The molecule has 0 saturated carbocycles. The van der Waals surface area contributed by atoms with Crippen LogP contribution < -0.4 is 5.32 Å². The topological polar surface area (TPSA) is 41.1 Å². The van der Waals surface area contributed by atoms with E-state index in [0.717, 1.165) is 32.0 Å². The molecule has 0 spiro atoms. The molecule has 1 saturated heterocycles. The molecule has 0 aromatic carbocycles. The number of nitrogens with one attached hydrogen (secondary N) is 1. The highest BCUT2D eigenvalue weighted by molar-refractivity contribution is 4.89. The van der Waals surface area contributed by atoms with Crippen molar-refractivity contribution < 1.29 is 0 Å². The van der Waals surface area contributed by atoms with Gasteiger partial charge in [0.1, 0.15) is 5.82 Å². The van der Waals surface area contributed by atoms with Crippen LogP contribution in [-0.2, 0) is 6.54 Å². The van der Waals surface area contributed by atoms with Gasteiger partial charge in [-0.1, -0.05) is 0 Å². The van der Waals surface area contributed by atoms with Crippen LogP contribution in [0.2, 0.25) is 0 Å². The second kappa shape index (κ2) is 5.19. The van der Waals surface area contributed by atoms with E-state index in [1.807, 2.05) is 18.5 Å². The summed E-state index contributed by atoms with van der Waals surface area (Å²) in [6.45, 7) is 6.43. The second-order valence-electron chi connectivity index (χ2n) is 4.11. The monoisotopic (exact) mass is 206 g/mol. The standard InChI is InChI=1S/C11H18N4/c1-10-8-15(7-3-6-12-10)9-11-13-4-2-5-14-11/h2,4-5,10,12H,3,6-9H2,1H3. The quantitative estimate of drug-likeness (QED) is 0.772. The van der Waals surface area contributed by atoms with Gasteiger partial charge < -0.3 is 5.32 Å². The van der Waals surface area contributed by atoms with Crippen LogP contribution >= 0.6 is 0 Å². The lowest BCUT2D eigenvalue weighted by molar-refractivity contribution is 0.258. The third-order valence-corrected chi connectivity index (χ3v) is 2.66. The van der Waals surface area contributed by atoms with Gasteiger partial charge in [-0.2, -0.15) is 0 Å². The molecule has 1 unspecified atom stereocenters. The summed E-state index contributed by atoms with van der Waals surface area (Å²) in [6, 6.07) is 2.42. The zero-order chi connectivity index (χ0) is 10.5. The van der Waals surface area contributed by atoms with Crippen molar-refractivity contribution in [2.24, 2.45) is 0 Å². The molecule has 15 heavy (non-hydrogen) atoms. The average Bonchev–Trinajstić information content (AvgIpc) is 2.44. The Morgan fingerprint density at radius 3 is 3.07 bits per heavy atom. The summed E-state index contributed by atoms with van der Waals surface area (Å²) in [7, 11) is 0. The molecule has 82 valence electrons. The normalized spacial score (nSPS) is 23.7. The number of rotatable bonds is 2. The summed E-state index contributed by atoms with van der Waals surface area (Å²) in [4.78, 5) is 10.9. The predicted octanol–water partition coefficient (Wildman–Crippen LogP) is 0.660. The van der Waals surface area contributed by atoms with Crippen molar-refractivity contribution >= 4 is 0 Å². The van der Waals surface area contributed by atoms with E-state index in [4.69, 9.17) is 0 Å². The Labute approximate surface area is 90.7 Å². The third-order valence-electron chi connectivity index (χ3n) is 2.66. The van der Waals surface area contributed by atoms with Crippen LogP contribution in [0.4, 0.5) is 0 Å². The fourth-order valence-electron chi connectivity index (χ4n) is 1.95. The van der Waals surface area contributed by atoms with Gasteiger partial charge in [0.25, 0.3) is 0 Å². The van der Waals surface area contributed by atoms with Crippen molar-refractivity contribution in [1.82, 2.24) is 20.2 Å². The molecule has 1 N–H and O–H groups in total. The van der Waals surface area contributed by atoms with Crippen molar-refractivity contribution in [3.63, 3.8) is 0 Å². The minimum Gasteiger partial charge on any atom is -0.313 e. The Balaban J connectivity index is 1.93. The molecule has 4 heteroatoms. The second-order valence-corrected chi connectivity index (χ2v) is 4.11. The molecule has 1 aromatic heterocycles. The lowest BCUT2D eigenvalue weighted by Gasteiger charge is -2.21. The molecule has 1 fully saturated rings. The van der Waals surface area contributed by atoms with Crippen LogP contribution in [0.5, 0.6) is 0 Å². The number of aromatic nitrogens is 2. The Morgan fingerprint density at radius 1 is 1.47 bits per heavy atom. The van der Waals surface area contributed by atoms with E-state index in [2.05, 4.69) is 27.1 Å². The molecule has 0 amide bonds. The maximum absolute atomic E-state index is 4.26. The Morgan fingerprint density at radius 2 is 2.27 bits per heavy atom. The first-order chi connectivity index (χ1) is 7.34. The number of hydrogen-bond acceptors (Lipinski definition) is 4. The third kappa shape index (κ3) is 3.25. The summed E-state index contributed by atoms with van der Waals surface area (Å²) < 4.78 is 0. The van der Waals surface area contributed by atoms with Gasteiger partial charge in [0.15, 0.2) is 0 Å². The zero-order valence-electron chi connectivity index (χ0n) is 9.19. The summed E-state index contributed by atoms with van der Waals surface area (Å²) in [5.41, 5.74) is 0. The highest BCUT2D eigenvalue weighted by Crippen LogP contribution is 2.04. The first kappa shape index (κ1) is 10.5. The number of hydrogen-bond donors (Lipinski definition) is 1. The van der Waals surface area contributed by atoms with Gasteiger partial charge in [-0.25, -0.2) is 9.97 Å². The summed E-state index contributed by atoms with van der Waals surface area (Å²) in [5, 5.41) is 3.48. The van der Waals surface area contributed by atoms with Crippen LogP contribution in [0.3, 0.4) is 0 Å². The van der Waals surface area contributed by atoms with Gasteiger partial charge >= 0.3 is 0 Å². The minimum absolute atomic E-state index is 0.566.